The summed E-state index contributed by atoms with van der Waals surface area (Å²) in [6, 6.07) is 0.0569. The van der Waals surface area contributed by atoms with Gasteiger partial charge in [0.05, 0.1) is 13.2 Å². The van der Waals surface area contributed by atoms with Gasteiger partial charge in [-0.15, -0.1) is 0 Å². The van der Waals surface area contributed by atoms with Crippen molar-refractivity contribution in [2.75, 3.05) is 13.2 Å². The molecule has 0 rings (SSSR count). The molecule has 15 heavy (non-hydrogen) atoms. The van der Waals surface area contributed by atoms with E-state index >= 15 is 0 Å². The SMILES string of the molecule is CCOP(=O)(N[C@@H](C)C(C)(C)C)OCC. The molecule has 0 bridgehead atoms. The van der Waals surface area contributed by atoms with Crippen molar-refractivity contribution in [3.63, 3.8) is 0 Å². The van der Waals surface area contributed by atoms with Crippen LogP contribution in [0.1, 0.15) is 41.5 Å². The Morgan fingerprint density at radius 1 is 1.20 bits per heavy atom. The van der Waals surface area contributed by atoms with E-state index in [2.05, 4.69) is 25.9 Å². The van der Waals surface area contributed by atoms with Crippen LogP contribution < -0.4 is 5.09 Å². The van der Waals surface area contributed by atoms with Crippen LogP contribution >= 0.6 is 7.75 Å². The Morgan fingerprint density at radius 2 is 1.60 bits per heavy atom. The number of hydrogen-bond acceptors (Lipinski definition) is 3. The Morgan fingerprint density at radius 3 is 1.87 bits per heavy atom. The summed E-state index contributed by atoms with van der Waals surface area (Å²) < 4.78 is 22.4. The molecule has 92 valence electrons. The van der Waals surface area contributed by atoms with E-state index in [1.165, 1.54) is 0 Å². The summed E-state index contributed by atoms with van der Waals surface area (Å²) in [6.07, 6.45) is 0. The quantitative estimate of drug-likeness (QED) is 0.721. The Kier molecular flexibility index (Phi) is 6.04. The van der Waals surface area contributed by atoms with E-state index in [0.717, 1.165) is 0 Å². The Bertz CT molecular complexity index is 215. The first-order valence-corrected chi connectivity index (χ1v) is 6.96. The monoisotopic (exact) mass is 237 g/mol. The molecule has 0 fully saturated rings. The summed E-state index contributed by atoms with van der Waals surface area (Å²) in [6.45, 7) is 12.6. The van der Waals surface area contributed by atoms with Crippen molar-refractivity contribution in [1.29, 1.82) is 0 Å². The third-order valence-electron chi connectivity index (χ3n) is 2.25. The molecule has 0 amide bonds. The largest absolute Gasteiger partial charge is 0.405 e. The average molecular weight is 237 g/mol. The molecule has 0 aromatic rings. The van der Waals surface area contributed by atoms with E-state index in [4.69, 9.17) is 9.05 Å². The molecule has 0 aliphatic carbocycles. The van der Waals surface area contributed by atoms with Gasteiger partial charge in [0.2, 0.25) is 0 Å². The van der Waals surface area contributed by atoms with E-state index < -0.39 is 7.75 Å². The fourth-order valence-corrected chi connectivity index (χ4v) is 2.65. The van der Waals surface area contributed by atoms with Crippen LogP contribution in [0.2, 0.25) is 0 Å². The molecular formula is C10H24NO3P. The molecule has 0 aliphatic rings. The maximum Gasteiger partial charge on any atom is 0.405 e. The molecule has 0 saturated carbocycles. The maximum absolute atomic E-state index is 12.1. The van der Waals surface area contributed by atoms with Crippen molar-refractivity contribution in [1.82, 2.24) is 5.09 Å². The lowest BCUT2D eigenvalue weighted by molar-refractivity contribution is 0.194. The summed E-state index contributed by atoms with van der Waals surface area (Å²) in [7, 11) is -3.12. The third kappa shape index (κ3) is 5.67. The van der Waals surface area contributed by atoms with Gasteiger partial charge in [0, 0.05) is 6.04 Å². The highest BCUT2D eigenvalue weighted by molar-refractivity contribution is 7.51. The second-order valence-corrected chi connectivity index (χ2v) is 6.32. The highest BCUT2D eigenvalue weighted by Crippen LogP contribution is 2.45. The van der Waals surface area contributed by atoms with Crippen LogP contribution in [0.3, 0.4) is 0 Å². The molecule has 0 heterocycles. The highest BCUT2D eigenvalue weighted by Gasteiger charge is 2.30. The smallest absolute Gasteiger partial charge is 0.297 e. The maximum atomic E-state index is 12.1. The van der Waals surface area contributed by atoms with Gasteiger partial charge in [0.1, 0.15) is 0 Å². The van der Waals surface area contributed by atoms with Gasteiger partial charge in [0.15, 0.2) is 0 Å². The van der Waals surface area contributed by atoms with Crippen molar-refractivity contribution in [3.8, 4) is 0 Å². The van der Waals surface area contributed by atoms with Crippen molar-refractivity contribution in [2.45, 2.75) is 47.6 Å². The summed E-state index contributed by atoms with van der Waals surface area (Å²) in [5.74, 6) is 0. The molecule has 0 aliphatic heterocycles. The standard InChI is InChI=1S/C10H24NO3P/c1-7-13-15(12,14-8-2)11-9(3)10(4,5)6/h9H,7-8H2,1-6H3,(H,11,12)/t9-/m0/s1. The molecule has 0 saturated heterocycles. The van der Waals surface area contributed by atoms with Crippen LogP contribution in [0.25, 0.3) is 0 Å². The van der Waals surface area contributed by atoms with Gasteiger partial charge in [-0.1, -0.05) is 20.8 Å². The zero-order valence-electron chi connectivity index (χ0n) is 10.7. The van der Waals surface area contributed by atoms with Crippen LogP contribution in [0, 0.1) is 5.41 Å². The lowest BCUT2D eigenvalue weighted by Crippen LogP contribution is -2.36. The van der Waals surface area contributed by atoms with Crippen LogP contribution in [-0.4, -0.2) is 19.3 Å². The molecule has 0 aromatic carbocycles. The zero-order chi connectivity index (χ0) is 12.1. The van der Waals surface area contributed by atoms with Gasteiger partial charge in [-0.05, 0) is 26.2 Å². The van der Waals surface area contributed by atoms with E-state index in [1.807, 2.05) is 6.92 Å². The molecule has 0 unspecified atom stereocenters. The second-order valence-electron chi connectivity index (χ2n) is 4.55. The minimum atomic E-state index is -3.12. The topological polar surface area (TPSA) is 47.6 Å². The summed E-state index contributed by atoms with van der Waals surface area (Å²) >= 11 is 0. The normalized spacial score (nSPS) is 15.3. The van der Waals surface area contributed by atoms with Crippen molar-refractivity contribution >= 4 is 7.75 Å². The van der Waals surface area contributed by atoms with Gasteiger partial charge >= 0.3 is 7.75 Å². The third-order valence-corrected chi connectivity index (χ3v) is 4.15. The first kappa shape index (κ1) is 15.1. The Hall–Kier alpha value is 0.110. The van der Waals surface area contributed by atoms with Crippen molar-refractivity contribution in [2.24, 2.45) is 5.41 Å². The molecule has 4 nitrogen and oxygen atoms in total. The van der Waals surface area contributed by atoms with Crippen LogP contribution in [0.4, 0.5) is 0 Å². The lowest BCUT2D eigenvalue weighted by atomic mass is 9.89. The average Bonchev–Trinajstić information content (AvgIpc) is 2.02. The van der Waals surface area contributed by atoms with Crippen molar-refractivity contribution < 1.29 is 13.6 Å². The minimum absolute atomic E-state index is 0.0177. The summed E-state index contributed by atoms with van der Waals surface area (Å²) in [5, 5.41) is 2.95. The molecule has 5 heteroatoms. The van der Waals surface area contributed by atoms with E-state index in [1.54, 1.807) is 13.8 Å². The number of hydrogen-bond donors (Lipinski definition) is 1. The highest BCUT2D eigenvalue weighted by atomic mass is 31.2. The molecule has 0 aromatic heterocycles. The van der Waals surface area contributed by atoms with Gasteiger partial charge in [-0.25, -0.2) is 9.65 Å². The summed E-state index contributed by atoms with van der Waals surface area (Å²) in [4.78, 5) is 0. The van der Waals surface area contributed by atoms with Crippen LogP contribution in [-0.2, 0) is 13.6 Å². The number of rotatable bonds is 6. The first-order valence-electron chi connectivity index (χ1n) is 5.42. The fourth-order valence-electron chi connectivity index (χ4n) is 0.883. The molecular weight excluding hydrogens is 213 g/mol. The molecule has 1 N–H and O–H groups in total. The predicted octanol–water partition coefficient (Wildman–Crippen LogP) is 3.19. The molecule has 0 radical (unpaired) electrons. The minimum Gasteiger partial charge on any atom is -0.297 e. The predicted molar refractivity (Wildman–Crippen MR) is 62.9 cm³/mol. The zero-order valence-corrected chi connectivity index (χ0v) is 11.6. The fraction of sp³-hybridized carbons (Fsp3) is 1.00. The second kappa shape index (κ2) is 6.00. The van der Waals surface area contributed by atoms with Gasteiger partial charge in [-0.2, -0.15) is 0 Å². The Labute approximate surface area is 93.3 Å². The molecule has 1 atom stereocenters. The van der Waals surface area contributed by atoms with E-state index in [-0.39, 0.29) is 11.5 Å². The van der Waals surface area contributed by atoms with E-state index in [0.29, 0.717) is 13.2 Å². The lowest BCUT2D eigenvalue weighted by Gasteiger charge is -2.31. The molecule has 0 spiro atoms. The van der Waals surface area contributed by atoms with Crippen LogP contribution in [0.5, 0.6) is 0 Å². The van der Waals surface area contributed by atoms with E-state index in [9.17, 15) is 4.57 Å². The van der Waals surface area contributed by atoms with Crippen LogP contribution in [0.15, 0.2) is 0 Å². The number of nitrogens with one attached hydrogen (secondary N) is 1. The van der Waals surface area contributed by atoms with Crippen molar-refractivity contribution in [3.05, 3.63) is 0 Å². The van der Waals surface area contributed by atoms with Gasteiger partial charge in [-0.3, -0.25) is 9.05 Å². The van der Waals surface area contributed by atoms with Gasteiger partial charge < -0.3 is 0 Å². The first-order chi connectivity index (χ1) is 6.75. The Balaban J connectivity index is 4.48. The van der Waals surface area contributed by atoms with Gasteiger partial charge in [0.25, 0.3) is 0 Å². The summed E-state index contributed by atoms with van der Waals surface area (Å²) in [5.41, 5.74) is 0.0177.